The number of nitrogens with zero attached hydrogens (tertiary/aromatic N) is 5. The highest BCUT2D eigenvalue weighted by Crippen LogP contribution is 2.42. The van der Waals surface area contributed by atoms with Gasteiger partial charge in [-0.15, -0.1) is 0 Å². The van der Waals surface area contributed by atoms with Gasteiger partial charge in [0, 0.05) is 131 Å². The van der Waals surface area contributed by atoms with Crippen molar-refractivity contribution in [3.63, 3.8) is 0 Å². The minimum atomic E-state index is -4.00. The molecule has 790 valence electrons. The van der Waals surface area contributed by atoms with E-state index in [0.717, 1.165) is 17.2 Å². The van der Waals surface area contributed by atoms with Crippen molar-refractivity contribution in [2.75, 3.05) is 91.9 Å². The Morgan fingerprint density at radius 3 is 0.837 bits per heavy atom. The average molecular weight is 2100 g/mol. The number of hydrogen-bond donors (Lipinski definition) is 19. The highest BCUT2D eigenvalue weighted by molar-refractivity contribution is 7.88. The van der Waals surface area contributed by atoms with Crippen molar-refractivity contribution in [2.24, 2.45) is 85.5 Å². The second kappa shape index (κ2) is 49.3. The lowest BCUT2D eigenvalue weighted by Crippen LogP contribution is -2.63. The molecule has 26 N–H and O–H groups in total. The molecule has 141 heavy (non-hydrogen) atoms. The number of carbonyl (C=O) groups excluding carboxylic acids is 12. The van der Waals surface area contributed by atoms with E-state index < -0.39 is 227 Å². The van der Waals surface area contributed by atoms with Gasteiger partial charge in [0.1, 0.15) is 22.2 Å². The van der Waals surface area contributed by atoms with Crippen LogP contribution in [0.1, 0.15) is 126 Å². The number of carboxylic acids is 8. The van der Waals surface area contributed by atoms with Gasteiger partial charge in [0.2, 0.25) is 0 Å². The van der Waals surface area contributed by atoms with E-state index in [0.29, 0.717) is 64.5 Å². The molecule has 3 aliphatic carbocycles. The molecule has 12 fully saturated rings. The summed E-state index contributed by atoms with van der Waals surface area (Å²) in [5.41, 5.74) is 27.1. The van der Waals surface area contributed by atoms with Gasteiger partial charge >= 0.3 is 125 Å². The maximum absolute atomic E-state index is 13.4. The summed E-state index contributed by atoms with van der Waals surface area (Å²) >= 11 is 0. The van der Waals surface area contributed by atoms with Crippen LogP contribution in [0.4, 0.5) is 0 Å². The molecule has 0 aromatic rings. The molecule has 68 heteroatoms. The number of hydrogen-bond acceptors (Lipinski definition) is 44. The zero-order chi connectivity index (χ0) is 108. The maximum Gasteiger partial charge on any atom is 0.527 e. The number of nitrogens with one attached hydrogen (secondary N) is 4. The van der Waals surface area contributed by atoms with Crippen molar-refractivity contribution in [3.05, 3.63) is 0 Å². The SMILES string of the molecule is CC(C)N(C1CNC1)S(=O)(=O)N1C[C@H](CCCB2OCC(C)(C(=O)O)C(=O)O2)[C@](N)(C(=O)O)C1.CC(NS(=O)(=O)N1C[C@H](CCCB2OCC(C)(C(=O)O)C(=O)O2)[C@](N)(C(=O)O)C1)C1(N)CC1.CC1(C(=O)O)COB(CCC[C@H]2CN(S(=O)(=O)N[C@@H]3C[C@H]3N)C[C@@]2(N)C(=O)O)OC1=O.CC1(C(=O)O)COB(CCC[C@H]2CN(S(=O)(=O)N[C@H]3C[C@@H]3N)C[C@@]2(N)C(=O)O)OC1=O.O=C=O.O=C=O.O=C=O.O=C=O. The number of carboxylic acid groups (broad SMARTS) is 8. The fourth-order valence-corrected chi connectivity index (χ4v) is 22.8. The average Bonchev–Trinajstić information content (AvgIpc) is 1.55. The molecule has 60 nitrogen and oxygen atoms in total. The largest absolute Gasteiger partial charge is 0.527 e. The highest BCUT2D eigenvalue weighted by Gasteiger charge is 2.61. The van der Waals surface area contributed by atoms with Crippen LogP contribution >= 0.6 is 0 Å². The van der Waals surface area contributed by atoms with Crippen LogP contribution in [0.15, 0.2) is 0 Å². The lowest BCUT2D eigenvalue weighted by molar-refractivity contribution is -0.193. The molecule has 0 aromatic heterocycles. The van der Waals surface area contributed by atoms with Gasteiger partial charge in [-0.25, -0.2) is 0 Å². The minimum absolute atomic E-state index is 0.0447. The van der Waals surface area contributed by atoms with Crippen LogP contribution in [-0.4, -0.2) is 383 Å². The van der Waals surface area contributed by atoms with E-state index in [9.17, 15) is 117 Å². The minimum Gasteiger partial charge on any atom is -0.509 e. The summed E-state index contributed by atoms with van der Waals surface area (Å²) in [5, 5.41) is 78.4. The van der Waals surface area contributed by atoms with Crippen molar-refractivity contribution in [1.29, 1.82) is 0 Å². The lowest BCUT2D eigenvalue weighted by Gasteiger charge is -2.41. The Morgan fingerprint density at radius 2 is 0.645 bits per heavy atom. The molecule has 3 saturated carbocycles. The van der Waals surface area contributed by atoms with Crippen molar-refractivity contribution in [3.8, 4) is 0 Å². The summed E-state index contributed by atoms with van der Waals surface area (Å²) in [6.07, 6.45) is 6.50. The summed E-state index contributed by atoms with van der Waals surface area (Å²) < 4.78 is 157. The van der Waals surface area contributed by atoms with Crippen molar-refractivity contribution < 1.29 is 208 Å². The van der Waals surface area contributed by atoms with Gasteiger partial charge in [-0.05, 0) is 125 Å². The molecule has 9 heterocycles. The van der Waals surface area contributed by atoms with Crippen LogP contribution < -0.4 is 59.6 Å². The summed E-state index contributed by atoms with van der Waals surface area (Å²) in [7, 11) is -19.7. The smallest absolute Gasteiger partial charge is 0.509 e. The quantitative estimate of drug-likeness (QED) is 0.0202. The second-order valence-electron chi connectivity index (χ2n) is 37.1. The zero-order valence-electron chi connectivity index (χ0n) is 77.6. The van der Waals surface area contributed by atoms with Crippen LogP contribution in [0.5, 0.6) is 0 Å². The molecule has 12 aliphatic rings. The number of carbonyl (C=O) groups is 12. The van der Waals surface area contributed by atoms with Gasteiger partial charge in [0.05, 0.1) is 32.5 Å². The van der Waals surface area contributed by atoms with E-state index >= 15 is 0 Å². The molecule has 0 radical (unpaired) electrons. The monoisotopic (exact) mass is 2090 g/mol. The van der Waals surface area contributed by atoms with Gasteiger partial charge in [0.15, 0.2) is 21.7 Å². The molecule has 17 atom stereocenters. The Morgan fingerprint density at radius 1 is 0.418 bits per heavy atom. The maximum atomic E-state index is 13.4. The Hall–Kier alpha value is -9.58. The second-order valence-corrected chi connectivity index (χ2v) is 44.0. The standard InChI is InChI=1S/C19H33BN4O9S.C18H31BN4O9S.2C16H27BN4O9S.4CO2/c1-12(2)24(14-7-22-8-14)34(30,31)23-9-13(19(21,10-23)16(27)28)5-4-6-20-32-11-18(3,15(25)26)17(29)33-20;1-11(17(20)5-6-17)22-33(29,30)23-8-12(18(21,9-23)14(26)27)4-3-7-19-31-10-16(2,13(24)25)15(28)32-19;2*1-15(12(22)23)8-29-17(30-14(15)26)4-2-3-9-6-21(7-16(9,19)13(24)25)31(27,28)20-11-5-10(11)18;4*2-1-3/h12-14,22H,4-11,21H2,1-3H3,(H,25,26)(H,27,28);11-12,22H,3-10,20-21H2,1-2H3,(H,24,25)(H,26,27);2*9-11,20H,2-8,18-19H2,1H3,(H,22,23)(H,24,25);;;;/t13-,18?,19-;11?,12-,16?,18-;9-,10+,11+,15?,16-;9-,10-,11-,15?,16-;;;;/m0000..../s1. The van der Waals surface area contributed by atoms with Crippen molar-refractivity contribution in [2.45, 2.75) is 221 Å². The topological polar surface area (TPSA) is 960 Å². The molecule has 9 saturated heterocycles. The Labute approximate surface area is 808 Å². The van der Waals surface area contributed by atoms with Gasteiger partial charge in [-0.3, -0.25) is 57.5 Å². The molecular formula is C73H118B4N16O44S4. The number of nitrogens with two attached hydrogens (primary N) is 7. The molecule has 0 spiro atoms. The third kappa shape index (κ3) is 29.9. The van der Waals surface area contributed by atoms with Crippen LogP contribution in [0.2, 0.25) is 25.3 Å². The molecule has 12 rings (SSSR count). The van der Waals surface area contributed by atoms with E-state index in [1.54, 1.807) is 20.8 Å². The predicted molar refractivity (Wildman–Crippen MR) is 466 cm³/mol. The molecular weight excluding hydrogens is 1980 g/mol. The first kappa shape index (κ1) is 122. The van der Waals surface area contributed by atoms with Crippen molar-refractivity contribution in [1.82, 2.24) is 41.0 Å². The van der Waals surface area contributed by atoms with Gasteiger partial charge < -0.3 is 124 Å². The lowest BCUT2D eigenvalue weighted by atomic mass is 9.75. The zero-order valence-corrected chi connectivity index (χ0v) is 80.8. The van der Waals surface area contributed by atoms with Crippen LogP contribution in [0, 0.1) is 45.3 Å². The van der Waals surface area contributed by atoms with Crippen LogP contribution in [0.25, 0.3) is 0 Å². The third-order valence-corrected chi connectivity index (χ3v) is 33.2. The molecule has 0 amide bonds. The molecule has 0 aromatic carbocycles. The summed E-state index contributed by atoms with van der Waals surface area (Å²) in [6, 6.07) is -2.24. The van der Waals surface area contributed by atoms with E-state index in [1.165, 1.54) is 32.0 Å². The van der Waals surface area contributed by atoms with E-state index in [4.69, 9.17) is 131 Å². The Balaban J connectivity index is 0.000000319. The first-order valence-corrected chi connectivity index (χ1v) is 49.3. The molecule has 0 bridgehead atoms. The third-order valence-electron chi connectivity index (χ3n) is 26.3. The normalized spacial score (nSPS) is 31.4. The predicted octanol–water partition coefficient (Wildman–Crippen LogP) is -10.3. The fourth-order valence-electron chi connectivity index (χ4n) is 16.1. The van der Waals surface area contributed by atoms with E-state index in [-0.39, 0.29) is 184 Å². The first-order valence-electron chi connectivity index (χ1n) is 43.5. The highest BCUT2D eigenvalue weighted by atomic mass is 32.2. The van der Waals surface area contributed by atoms with Gasteiger partial charge in [0.25, 0.3) is 40.8 Å². The molecule has 5 unspecified atom stereocenters. The Bertz CT molecular complexity index is 5010. The van der Waals surface area contributed by atoms with Crippen molar-refractivity contribution >= 4 is 166 Å². The summed E-state index contributed by atoms with van der Waals surface area (Å²) in [6.45, 7) is 7.98. The number of aliphatic carboxylic acids is 8. The summed E-state index contributed by atoms with van der Waals surface area (Å²) in [4.78, 5) is 206. The fraction of sp³-hybridized carbons (Fsp3) is 0.781. The van der Waals surface area contributed by atoms with Gasteiger partial charge in [-0.1, -0.05) is 25.7 Å². The van der Waals surface area contributed by atoms with Crippen LogP contribution in [0.3, 0.4) is 0 Å². The Kier molecular flexibility index (Phi) is 42.7. The van der Waals surface area contributed by atoms with E-state index in [2.05, 4.69) is 19.5 Å². The van der Waals surface area contributed by atoms with E-state index in [1.807, 2.05) is 0 Å². The van der Waals surface area contributed by atoms with Gasteiger partial charge in [-0.2, -0.15) is 108 Å². The summed E-state index contributed by atoms with van der Waals surface area (Å²) in [5.74, 6) is -16.9. The number of rotatable bonds is 38. The first-order chi connectivity index (χ1) is 65.1. The van der Waals surface area contributed by atoms with Crippen LogP contribution in [-0.2, 0) is 174 Å². The molecule has 9 aliphatic heterocycles.